The molecular weight excluding hydrogens is 436 g/mol. The van der Waals surface area contributed by atoms with Gasteiger partial charge < -0.3 is 14.2 Å². The molecular formula is C27H27ClN2O3. The molecule has 3 aromatic rings. The molecule has 2 heterocycles. The lowest BCUT2D eigenvalue weighted by Gasteiger charge is -2.38. The maximum absolute atomic E-state index is 6.44. The minimum atomic E-state index is -0.336. The summed E-state index contributed by atoms with van der Waals surface area (Å²) in [6.07, 6.45) is 0.565. The van der Waals surface area contributed by atoms with Crippen molar-refractivity contribution in [2.24, 2.45) is 5.10 Å². The minimum absolute atomic E-state index is 0.0469. The van der Waals surface area contributed by atoms with Gasteiger partial charge in [-0.05, 0) is 93.1 Å². The Hall–Kier alpha value is -3.18. The van der Waals surface area contributed by atoms with Crippen LogP contribution in [0.25, 0.3) is 0 Å². The third kappa shape index (κ3) is 4.38. The highest BCUT2D eigenvalue weighted by Gasteiger charge is 2.41. The number of nitrogens with zero attached hydrogens (tertiary/aromatic N) is 2. The van der Waals surface area contributed by atoms with E-state index in [0.717, 1.165) is 46.1 Å². The van der Waals surface area contributed by atoms with Gasteiger partial charge in [-0.2, -0.15) is 5.10 Å². The van der Waals surface area contributed by atoms with Crippen LogP contribution < -0.4 is 14.2 Å². The largest absolute Gasteiger partial charge is 0.494 e. The Morgan fingerprint density at radius 2 is 1.76 bits per heavy atom. The van der Waals surface area contributed by atoms with Crippen LogP contribution in [0.15, 0.2) is 71.8 Å². The van der Waals surface area contributed by atoms with Gasteiger partial charge in [-0.25, -0.2) is 5.01 Å². The van der Waals surface area contributed by atoms with Crippen molar-refractivity contribution in [2.75, 3.05) is 6.61 Å². The predicted molar refractivity (Wildman–Crippen MR) is 130 cm³/mol. The van der Waals surface area contributed by atoms with E-state index in [2.05, 4.69) is 17.1 Å². The lowest BCUT2D eigenvalue weighted by Crippen LogP contribution is -2.33. The monoisotopic (exact) mass is 462 g/mol. The van der Waals surface area contributed by atoms with E-state index in [9.17, 15) is 0 Å². The van der Waals surface area contributed by atoms with Gasteiger partial charge in [0, 0.05) is 22.6 Å². The van der Waals surface area contributed by atoms with E-state index in [0.29, 0.717) is 11.6 Å². The number of halogens is 1. The van der Waals surface area contributed by atoms with Gasteiger partial charge in [0.25, 0.3) is 0 Å². The second-order valence-corrected chi connectivity index (χ2v) is 8.93. The number of hydrazone groups is 1. The fourth-order valence-corrected chi connectivity index (χ4v) is 4.53. The zero-order valence-electron chi connectivity index (χ0n) is 19.0. The Morgan fingerprint density at radius 1 is 1.03 bits per heavy atom. The first-order valence-corrected chi connectivity index (χ1v) is 11.7. The first-order chi connectivity index (χ1) is 16.0. The van der Waals surface area contributed by atoms with Crippen molar-refractivity contribution in [1.29, 1.82) is 0 Å². The van der Waals surface area contributed by atoms with Crippen molar-refractivity contribution in [2.45, 2.75) is 45.6 Å². The van der Waals surface area contributed by atoms with E-state index in [1.807, 2.05) is 75.4 Å². The summed E-state index contributed by atoms with van der Waals surface area (Å²) in [7, 11) is 0. The van der Waals surface area contributed by atoms with Crippen molar-refractivity contribution in [3.63, 3.8) is 0 Å². The Kier molecular flexibility index (Phi) is 5.90. The number of ether oxygens (including phenoxy) is 3. The fourth-order valence-electron chi connectivity index (χ4n) is 4.35. The van der Waals surface area contributed by atoms with Crippen LogP contribution in [0.2, 0.25) is 5.02 Å². The Bertz CT molecular complexity index is 1160. The topological polar surface area (TPSA) is 43.3 Å². The standard InChI is InChI=1S/C27H27ClN2O3/c1-4-31-21-10-5-18(6-11-21)24-16-25-23-15-20(28)9-14-26(23)33-27(30(25)29-24)19-7-12-22(13-8-19)32-17(2)3/h5-15,17,25,27H,4,16H2,1-3H3/t25-,27-/m0/s1. The lowest BCUT2D eigenvalue weighted by molar-refractivity contribution is -0.0190. The van der Waals surface area contributed by atoms with Crippen LogP contribution in [0.1, 0.15) is 56.2 Å². The molecule has 0 saturated heterocycles. The summed E-state index contributed by atoms with van der Waals surface area (Å²) in [6.45, 7) is 6.67. The van der Waals surface area contributed by atoms with E-state index in [4.69, 9.17) is 30.9 Å². The molecule has 0 aliphatic carbocycles. The van der Waals surface area contributed by atoms with Crippen molar-refractivity contribution < 1.29 is 14.2 Å². The normalized spacial score (nSPS) is 18.9. The maximum Gasteiger partial charge on any atom is 0.213 e. The van der Waals surface area contributed by atoms with Crippen molar-refractivity contribution >= 4 is 17.3 Å². The molecule has 0 amide bonds. The van der Waals surface area contributed by atoms with Crippen molar-refractivity contribution in [1.82, 2.24) is 5.01 Å². The summed E-state index contributed by atoms with van der Waals surface area (Å²) in [5.74, 6) is 2.55. The van der Waals surface area contributed by atoms with Crippen LogP contribution in [0.5, 0.6) is 17.2 Å². The first-order valence-electron chi connectivity index (χ1n) is 11.3. The average Bonchev–Trinajstić information content (AvgIpc) is 3.25. The summed E-state index contributed by atoms with van der Waals surface area (Å²) >= 11 is 6.34. The molecule has 33 heavy (non-hydrogen) atoms. The Balaban J connectivity index is 1.49. The molecule has 170 valence electrons. The van der Waals surface area contributed by atoms with Crippen LogP contribution in [0.4, 0.5) is 0 Å². The summed E-state index contributed by atoms with van der Waals surface area (Å²) in [5.41, 5.74) is 4.18. The second-order valence-electron chi connectivity index (χ2n) is 8.49. The summed E-state index contributed by atoms with van der Waals surface area (Å²) in [5, 5.41) is 7.78. The zero-order chi connectivity index (χ0) is 22.9. The van der Waals surface area contributed by atoms with Crippen molar-refractivity contribution in [3.05, 3.63) is 88.4 Å². The highest BCUT2D eigenvalue weighted by molar-refractivity contribution is 6.30. The van der Waals surface area contributed by atoms with E-state index < -0.39 is 0 Å². The number of benzene rings is 3. The summed E-state index contributed by atoms with van der Waals surface area (Å²) < 4.78 is 17.8. The van der Waals surface area contributed by atoms with Gasteiger partial charge in [-0.3, -0.25) is 0 Å². The lowest BCUT2D eigenvalue weighted by atomic mass is 9.96. The van der Waals surface area contributed by atoms with Gasteiger partial charge in [-0.1, -0.05) is 11.6 Å². The SMILES string of the molecule is CCOc1ccc(C2=NN3[C@@H](C2)c2cc(Cl)ccc2O[C@H]3c2ccc(OC(C)C)cc2)cc1. The molecule has 2 aliphatic rings. The molecule has 2 aliphatic heterocycles. The highest BCUT2D eigenvalue weighted by Crippen LogP contribution is 2.48. The molecule has 6 heteroatoms. The Labute approximate surface area is 199 Å². The second kappa shape index (κ2) is 8.99. The third-order valence-electron chi connectivity index (χ3n) is 5.79. The molecule has 3 aromatic carbocycles. The summed E-state index contributed by atoms with van der Waals surface area (Å²) in [4.78, 5) is 0. The van der Waals surface area contributed by atoms with Gasteiger partial charge in [-0.15, -0.1) is 0 Å². The minimum Gasteiger partial charge on any atom is -0.494 e. The van der Waals surface area contributed by atoms with E-state index in [1.165, 1.54) is 0 Å². The molecule has 5 rings (SSSR count). The van der Waals surface area contributed by atoms with Gasteiger partial charge in [0.15, 0.2) is 0 Å². The number of hydrogen-bond acceptors (Lipinski definition) is 5. The fraction of sp³-hybridized carbons (Fsp3) is 0.296. The average molecular weight is 463 g/mol. The van der Waals surface area contributed by atoms with Crippen LogP contribution in [-0.4, -0.2) is 23.4 Å². The van der Waals surface area contributed by atoms with Crippen LogP contribution >= 0.6 is 11.6 Å². The molecule has 0 aromatic heterocycles. The van der Waals surface area contributed by atoms with E-state index in [-0.39, 0.29) is 18.4 Å². The molecule has 0 saturated carbocycles. The van der Waals surface area contributed by atoms with Crippen LogP contribution in [0, 0.1) is 0 Å². The van der Waals surface area contributed by atoms with Gasteiger partial charge in [0.1, 0.15) is 17.2 Å². The molecule has 0 spiro atoms. The number of rotatable bonds is 6. The third-order valence-corrected chi connectivity index (χ3v) is 6.02. The quantitative estimate of drug-likeness (QED) is 0.405. The van der Waals surface area contributed by atoms with E-state index >= 15 is 0 Å². The first kappa shape index (κ1) is 21.7. The van der Waals surface area contributed by atoms with Gasteiger partial charge in [0.05, 0.1) is 24.5 Å². The zero-order valence-corrected chi connectivity index (χ0v) is 19.8. The molecule has 0 N–H and O–H groups in total. The van der Waals surface area contributed by atoms with Crippen molar-refractivity contribution in [3.8, 4) is 17.2 Å². The molecule has 0 unspecified atom stereocenters. The molecule has 5 nitrogen and oxygen atoms in total. The predicted octanol–water partition coefficient (Wildman–Crippen LogP) is 6.77. The number of fused-ring (bicyclic) bond motifs is 3. The van der Waals surface area contributed by atoms with Crippen LogP contribution in [-0.2, 0) is 0 Å². The summed E-state index contributed by atoms with van der Waals surface area (Å²) in [6, 6.07) is 22.0. The van der Waals surface area contributed by atoms with Crippen LogP contribution in [0.3, 0.4) is 0 Å². The highest BCUT2D eigenvalue weighted by atomic mass is 35.5. The van der Waals surface area contributed by atoms with Gasteiger partial charge in [0.2, 0.25) is 6.23 Å². The smallest absolute Gasteiger partial charge is 0.213 e. The Morgan fingerprint density at radius 3 is 2.45 bits per heavy atom. The molecule has 2 atom stereocenters. The molecule has 0 radical (unpaired) electrons. The number of hydrogen-bond donors (Lipinski definition) is 0. The molecule has 0 bridgehead atoms. The van der Waals surface area contributed by atoms with E-state index in [1.54, 1.807) is 0 Å². The van der Waals surface area contributed by atoms with Gasteiger partial charge >= 0.3 is 0 Å². The maximum atomic E-state index is 6.44. The molecule has 0 fully saturated rings.